The van der Waals surface area contributed by atoms with Crippen LogP contribution in [0.5, 0.6) is 0 Å². The predicted octanol–water partition coefficient (Wildman–Crippen LogP) is 6.37. The van der Waals surface area contributed by atoms with Gasteiger partial charge in [-0.25, -0.2) is 14.4 Å². The summed E-state index contributed by atoms with van der Waals surface area (Å²) in [7, 11) is 0. The summed E-state index contributed by atoms with van der Waals surface area (Å²) in [6.45, 7) is 2.92. The maximum Gasteiger partial charge on any atom is 0.199 e. The molecule has 0 saturated carbocycles. The van der Waals surface area contributed by atoms with E-state index in [4.69, 9.17) is 9.97 Å². The zero-order chi connectivity index (χ0) is 26.9. The molecule has 1 aliphatic heterocycles. The second kappa shape index (κ2) is 10.5. The van der Waals surface area contributed by atoms with E-state index < -0.39 is 0 Å². The Morgan fingerprint density at radius 3 is 2.38 bits per heavy atom. The fourth-order valence-electron chi connectivity index (χ4n) is 5.54. The number of nitrogens with one attached hydrogen (secondary N) is 1. The first-order valence-electron chi connectivity index (χ1n) is 13.6. The second-order valence-electron chi connectivity index (χ2n) is 10.3. The molecule has 1 fully saturated rings. The number of halogens is 1. The van der Waals surface area contributed by atoms with Crippen molar-refractivity contribution in [2.45, 2.75) is 25.3 Å². The number of aromatic amines is 1. The standard InChI is InChI=1S/C32H28FN7/c33-26-13-11-24(12-14-26)30-29(35-28-6-2-4-18-40(28)30)23-9-7-22(8-10-23)21-39-19-15-25(16-20-39)31-36-32(38-37-31)27-5-1-3-17-34-27/h1-14,17-18,25H,15-16,19-21H2,(H,36,37,38). The molecular formula is C32H28FN7. The lowest BCUT2D eigenvalue weighted by atomic mass is 9.95. The molecule has 1 N–H and O–H groups in total. The summed E-state index contributed by atoms with van der Waals surface area (Å²) in [5.41, 5.74) is 6.75. The van der Waals surface area contributed by atoms with Crippen molar-refractivity contribution in [3.8, 4) is 34.0 Å². The summed E-state index contributed by atoms with van der Waals surface area (Å²) >= 11 is 0. The highest BCUT2D eigenvalue weighted by Gasteiger charge is 2.24. The maximum absolute atomic E-state index is 13.6. The number of benzene rings is 2. The molecule has 0 radical (unpaired) electrons. The van der Waals surface area contributed by atoms with E-state index in [0.717, 1.165) is 72.2 Å². The van der Waals surface area contributed by atoms with E-state index in [9.17, 15) is 4.39 Å². The van der Waals surface area contributed by atoms with Crippen LogP contribution in [0.1, 0.15) is 30.1 Å². The first kappa shape index (κ1) is 24.4. The van der Waals surface area contributed by atoms with Gasteiger partial charge in [-0.1, -0.05) is 36.4 Å². The average molecular weight is 530 g/mol. The van der Waals surface area contributed by atoms with E-state index in [1.807, 2.05) is 54.7 Å². The summed E-state index contributed by atoms with van der Waals surface area (Å²) in [4.78, 5) is 16.5. The Morgan fingerprint density at radius 1 is 0.825 bits per heavy atom. The Bertz CT molecular complexity index is 1730. The van der Waals surface area contributed by atoms with Gasteiger partial charge in [-0.05, 0) is 80.0 Å². The van der Waals surface area contributed by atoms with E-state index in [2.05, 4.69) is 48.7 Å². The number of nitrogens with zero attached hydrogens (tertiary/aromatic N) is 6. The lowest BCUT2D eigenvalue weighted by Crippen LogP contribution is -2.32. The minimum atomic E-state index is -0.248. The Hall–Kier alpha value is -4.69. The highest BCUT2D eigenvalue weighted by molar-refractivity contribution is 5.82. The van der Waals surface area contributed by atoms with Crippen molar-refractivity contribution in [1.82, 2.24) is 34.4 Å². The lowest BCUT2D eigenvalue weighted by Gasteiger charge is -2.30. The number of rotatable bonds is 6. The third-order valence-corrected chi connectivity index (χ3v) is 7.65. The number of aromatic nitrogens is 6. The molecule has 5 heterocycles. The fraction of sp³-hybridized carbons (Fsp3) is 0.188. The molecule has 0 unspecified atom stereocenters. The van der Waals surface area contributed by atoms with Gasteiger partial charge in [0.25, 0.3) is 0 Å². The number of pyridine rings is 2. The van der Waals surface area contributed by atoms with Crippen molar-refractivity contribution in [1.29, 1.82) is 0 Å². The van der Waals surface area contributed by atoms with Crippen LogP contribution in [0.2, 0.25) is 0 Å². The van der Waals surface area contributed by atoms with Gasteiger partial charge in [-0.15, -0.1) is 0 Å². The summed E-state index contributed by atoms with van der Waals surface area (Å²) in [5.74, 6) is 1.74. The molecule has 1 saturated heterocycles. The van der Waals surface area contributed by atoms with Crippen molar-refractivity contribution in [2.75, 3.05) is 13.1 Å². The van der Waals surface area contributed by atoms with Crippen LogP contribution in [0, 0.1) is 5.82 Å². The van der Waals surface area contributed by atoms with E-state index in [0.29, 0.717) is 11.7 Å². The number of piperidine rings is 1. The molecule has 0 amide bonds. The van der Waals surface area contributed by atoms with Gasteiger partial charge in [0.1, 0.15) is 23.0 Å². The Morgan fingerprint density at radius 2 is 1.60 bits per heavy atom. The van der Waals surface area contributed by atoms with Gasteiger partial charge >= 0.3 is 0 Å². The van der Waals surface area contributed by atoms with Crippen molar-refractivity contribution in [3.05, 3.63) is 115 Å². The molecule has 4 aromatic heterocycles. The SMILES string of the molecule is Fc1ccc(-c2c(-c3ccc(CN4CCC(c5nc(-c6ccccn6)n[nH]5)CC4)cc3)nc3ccccn23)cc1. The molecule has 0 atom stereocenters. The highest BCUT2D eigenvalue weighted by Crippen LogP contribution is 2.33. The van der Waals surface area contributed by atoms with Gasteiger partial charge in [0.05, 0.1) is 11.4 Å². The molecule has 40 heavy (non-hydrogen) atoms. The number of imidazole rings is 1. The zero-order valence-electron chi connectivity index (χ0n) is 21.9. The zero-order valence-corrected chi connectivity index (χ0v) is 21.9. The molecule has 7 rings (SSSR count). The molecule has 1 aliphatic rings. The van der Waals surface area contributed by atoms with Gasteiger partial charge in [0.2, 0.25) is 0 Å². The van der Waals surface area contributed by atoms with Crippen molar-refractivity contribution >= 4 is 5.65 Å². The molecule has 0 bridgehead atoms. The number of hydrogen-bond donors (Lipinski definition) is 1. The van der Waals surface area contributed by atoms with Gasteiger partial charge in [-0.2, -0.15) is 5.10 Å². The van der Waals surface area contributed by atoms with Gasteiger partial charge in [0.15, 0.2) is 5.82 Å². The van der Waals surface area contributed by atoms with Crippen molar-refractivity contribution in [3.63, 3.8) is 0 Å². The van der Waals surface area contributed by atoms with E-state index in [-0.39, 0.29) is 5.82 Å². The van der Waals surface area contributed by atoms with Crippen LogP contribution in [0.15, 0.2) is 97.3 Å². The summed E-state index contributed by atoms with van der Waals surface area (Å²) < 4.78 is 15.7. The molecule has 8 heteroatoms. The molecule has 7 nitrogen and oxygen atoms in total. The quantitative estimate of drug-likeness (QED) is 0.272. The van der Waals surface area contributed by atoms with Crippen LogP contribution in [-0.2, 0) is 6.54 Å². The summed E-state index contributed by atoms with van der Waals surface area (Å²) in [6, 6.07) is 27.0. The maximum atomic E-state index is 13.6. The highest BCUT2D eigenvalue weighted by atomic mass is 19.1. The first-order valence-corrected chi connectivity index (χ1v) is 13.6. The Labute approximate surface area is 231 Å². The van der Waals surface area contributed by atoms with E-state index in [1.54, 1.807) is 6.20 Å². The van der Waals surface area contributed by atoms with Crippen LogP contribution in [0.4, 0.5) is 4.39 Å². The van der Waals surface area contributed by atoms with Crippen LogP contribution >= 0.6 is 0 Å². The molecule has 0 spiro atoms. The minimum Gasteiger partial charge on any atom is -0.299 e. The topological polar surface area (TPSA) is 75.0 Å². The number of fused-ring (bicyclic) bond motifs is 1. The van der Waals surface area contributed by atoms with E-state index >= 15 is 0 Å². The third kappa shape index (κ3) is 4.78. The van der Waals surface area contributed by atoms with Crippen LogP contribution in [-0.4, -0.2) is 47.5 Å². The normalized spacial score (nSPS) is 14.6. The average Bonchev–Trinajstić information content (AvgIpc) is 3.65. The smallest absolute Gasteiger partial charge is 0.199 e. The summed E-state index contributed by atoms with van der Waals surface area (Å²) in [5, 5.41) is 7.53. The van der Waals surface area contributed by atoms with Gasteiger partial charge < -0.3 is 0 Å². The largest absolute Gasteiger partial charge is 0.299 e. The predicted molar refractivity (Wildman–Crippen MR) is 153 cm³/mol. The molecular weight excluding hydrogens is 501 g/mol. The van der Waals surface area contributed by atoms with Gasteiger partial charge in [-0.3, -0.25) is 19.4 Å². The third-order valence-electron chi connectivity index (χ3n) is 7.65. The van der Waals surface area contributed by atoms with Crippen LogP contribution < -0.4 is 0 Å². The number of H-pyrrole nitrogens is 1. The number of hydrogen-bond acceptors (Lipinski definition) is 5. The second-order valence-corrected chi connectivity index (χ2v) is 10.3. The molecule has 6 aromatic rings. The van der Waals surface area contributed by atoms with Crippen molar-refractivity contribution in [2.24, 2.45) is 0 Å². The Balaban J connectivity index is 1.04. The first-order chi connectivity index (χ1) is 19.7. The molecule has 0 aliphatic carbocycles. The molecule has 2 aromatic carbocycles. The Kier molecular flexibility index (Phi) is 6.37. The minimum absolute atomic E-state index is 0.248. The van der Waals surface area contributed by atoms with Gasteiger partial charge in [0, 0.05) is 36.0 Å². The lowest BCUT2D eigenvalue weighted by molar-refractivity contribution is 0.202. The molecule has 198 valence electrons. The summed E-state index contributed by atoms with van der Waals surface area (Å²) in [6.07, 6.45) is 5.84. The number of likely N-dealkylation sites (tertiary alicyclic amines) is 1. The van der Waals surface area contributed by atoms with Crippen LogP contribution in [0.25, 0.3) is 39.7 Å². The van der Waals surface area contributed by atoms with Crippen LogP contribution in [0.3, 0.4) is 0 Å². The van der Waals surface area contributed by atoms with Crippen molar-refractivity contribution < 1.29 is 4.39 Å². The fourth-order valence-corrected chi connectivity index (χ4v) is 5.54. The van der Waals surface area contributed by atoms with E-state index in [1.165, 1.54) is 17.7 Å². The monoisotopic (exact) mass is 529 g/mol.